The minimum Gasteiger partial charge on any atom is -0.487 e. The van der Waals surface area contributed by atoms with Crippen LogP contribution in [0.5, 0.6) is 10.9 Å². The number of hydrogen-bond acceptors (Lipinski definition) is 6. The third-order valence-corrected chi connectivity index (χ3v) is 5.70. The van der Waals surface area contributed by atoms with Crippen LogP contribution in [0.3, 0.4) is 0 Å². The summed E-state index contributed by atoms with van der Waals surface area (Å²) >= 11 is 0.884. The molecule has 0 radical (unpaired) electrons. The number of carbonyl (C=O) groups is 1. The second kappa shape index (κ2) is 10.3. The summed E-state index contributed by atoms with van der Waals surface area (Å²) in [6, 6.07) is 3.05. The molecule has 1 atom stereocenters. The fourth-order valence-corrected chi connectivity index (χ4v) is 4.23. The van der Waals surface area contributed by atoms with Crippen LogP contribution in [0.1, 0.15) is 39.5 Å². The number of alkyl halides is 2. The van der Waals surface area contributed by atoms with Gasteiger partial charge in [0.15, 0.2) is 18.2 Å². The molecule has 0 unspecified atom stereocenters. The van der Waals surface area contributed by atoms with E-state index >= 15 is 0 Å². The van der Waals surface area contributed by atoms with Gasteiger partial charge in [0.1, 0.15) is 0 Å². The average molecular weight is 446 g/mol. The summed E-state index contributed by atoms with van der Waals surface area (Å²) in [5, 5.41) is 2.79. The SMILES string of the molecule is CC(=O)N[C@@H](C)COC1CCC(Oc2ccc3nc(OCC(F)F)sc3c2F)CC1. The summed E-state index contributed by atoms with van der Waals surface area (Å²) in [6.45, 7) is 3.03. The van der Waals surface area contributed by atoms with Crippen molar-refractivity contribution in [2.24, 2.45) is 0 Å². The van der Waals surface area contributed by atoms with E-state index < -0.39 is 18.8 Å². The van der Waals surface area contributed by atoms with Gasteiger partial charge in [0.05, 0.1) is 29.0 Å². The zero-order valence-electron chi connectivity index (χ0n) is 16.8. The third-order valence-electron chi connectivity index (χ3n) is 4.72. The number of thiazole rings is 1. The lowest BCUT2D eigenvalue weighted by Crippen LogP contribution is -2.36. The van der Waals surface area contributed by atoms with Crippen LogP contribution in [0.2, 0.25) is 0 Å². The van der Waals surface area contributed by atoms with E-state index in [4.69, 9.17) is 14.2 Å². The molecule has 1 amide bonds. The molecule has 166 valence electrons. The molecule has 30 heavy (non-hydrogen) atoms. The molecule has 1 heterocycles. The second-order valence-corrected chi connectivity index (χ2v) is 8.32. The molecule has 1 aliphatic rings. The molecule has 1 N–H and O–H groups in total. The number of amides is 1. The molecule has 0 bridgehead atoms. The van der Waals surface area contributed by atoms with Crippen LogP contribution < -0.4 is 14.8 Å². The normalized spacial score (nSPS) is 20.3. The Morgan fingerprint density at radius 3 is 2.60 bits per heavy atom. The first-order valence-electron chi connectivity index (χ1n) is 9.87. The Kier molecular flexibility index (Phi) is 7.76. The monoisotopic (exact) mass is 446 g/mol. The Labute approximate surface area is 176 Å². The summed E-state index contributed by atoms with van der Waals surface area (Å²) in [6.07, 6.45) is 0.357. The summed E-state index contributed by atoms with van der Waals surface area (Å²) in [5.74, 6) is -0.523. The van der Waals surface area contributed by atoms with Crippen molar-refractivity contribution in [2.75, 3.05) is 13.2 Å². The fraction of sp³-hybridized carbons (Fsp3) is 0.600. The third kappa shape index (κ3) is 6.21. The fourth-order valence-electron chi connectivity index (χ4n) is 3.37. The molecule has 1 fully saturated rings. The number of nitrogens with one attached hydrogen (secondary N) is 1. The van der Waals surface area contributed by atoms with Gasteiger partial charge >= 0.3 is 0 Å². The Balaban J connectivity index is 1.52. The van der Waals surface area contributed by atoms with Crippen LogP contribution in [0.15, 0.2) is 12.1 Å². The molecule has 1 aromatic carbocycles. The van der Waals surface area contributed by atoms with E-state index in [0.717, 1.165) is 37.0 Å². The van der Waals surface area contributed by atoms with Crippen molar-refractivity contribution in [1.82, 2.24) is 10.3 Å². The topological polar surface area (TPSA) is 69.7 Å². The number of carbonyl (C=O) groups excluding carboxylic acids is 1. The maximum atomic E-state index is 14.8. The Morgan fingerprint density at radius 1 is 1.23 bits per heavy atom. The minimum atomic E-state index is -2.62. The Morgan fingerprint density at radius 2 is 1.93 bits per heavy atom. The summed E-state index contributed by atoms with van der Waals surface area (Å²) in [5.41, 5.74) is 0.347. The summed E-state index contributed by atoms with van der Waals surface area (Å²) < 4.78 is 56.2. The van der Waals surface area contributed by atoms with Gasteiger partial charge in [-0.05, 0) is 44.7 Å². The molecule has 1 aliphatic carbocycles. The van der Waals surface area contributed by atoms with Crippen LogP contribution >= 0.6 is 11.3 Å². The van der Waals surface area contributed by atoms with Crippen molar-refractivity contribution < 1.29 is 32.2 Å². The zero-order valence-corrected chi connectivity index (χ0v) is 17.6. The number of aromatic nitrogens is 1. The van der Waals surface area contributed by atoms with Crippen LogP contribution in [0, 0.1) is 5.82 Å². The Bertz CT molecular complexity index is 856. The van der Waals surface area contributed by atoms with Gasteiger partial charge in [-0.1, -0.05) is 11.3 Å². The highest BCUT2D eigenvalue weighted by Gasteiger charge is 2.25. The minimum absolute atomic E-state index is 0.00694. The van der Waals surface area contributed by atoms with Gasteiger partial charge < -0.3 is 19.5 Å². The van der Waals surface area contributed by atoms with Crippen molar-refractivity contribution in [2.45, 2.75) is 64.2 Å². The number of rotatable bonds is 9. The highest BCUT2D eigenvalue weighted by Crippen LogP contribution is 2.36. The molecule has 0 saturated heterocycles. The van der Waals surface area contributed by atoms with Crippen LogP contribution in [-0.2, 0) is 9.53 Å². The number of hydrogen-bond donors (Lipinski definition) is 1. The smallest absolute Gasteiger partial charge is 0.274 e. The van der Waals surface area contributed by atoms with Gasteiger partial charge in [-0.25, -0.2) is 18.2 Å². The standard InChI is InChI=1S/C20H25F3N2O4S/c1-11(24-12(2)26)9-27-13-3-5-14(6-4-13)29-16-8-7-15-19(18(16)23)30-20(25-15)28-10-17(21)22/h7-8,11,13-14,17H,3-6,9-10H2,1-2H3,(H,24,26)/t11-,13?,14?/m0/s1. The molecule has 0 spiro atoms. The highest BCUT2D eigenvalue weighted by atomic mass is 32.1. The van der Waals surface area contributed by atoms with Crippen LogP contribution in [0.4, 0.5) is 13.2 Å². The summed E-state index contributed by atoms with van der Waals surface area (Å²) in [7, 11) is 0. The quantitative estimate of drug-likeness (QED) is 0.622. The molecule has 1 aromatic heterocycles. The van der Waals surface area contributed by atoms with E-state index in [9.17, 15) is 18.0 Å². The number of benzene rings is 1. The lowest BCUT2D eigenvalue weighted by atomic mass is 9.95. The molecule has 0 aliphatic heterocycles. The molecule has 3 rings (SSSR count). The van der Waals surface area contributed by atoms with Crippen LogP contribution in [0.25, 0.3) is 10.2 Å². The summed E-state index contributed by atoms with van der Waals surface area (Å²) in [4.78, 5) is 15.1. The second-order valence-electron chi connectivity index (χ2n) is 7.36. The van der Waals surface area contributed by atoms with Crippen molar-refractivity contribution >= 4 is 27.5 Å². The van der Waals surface area contributed by atoms with Crippen molar-refractivity contribution in [1.29, 1.82) is 0 Å². The predicted octanol–water partition coefficient (Wildman–Crippen LogP) is 4.31. The van der Waals surface area contributed by atoms with E-state index in [1.165, 1.54) is 13.0 Å². The molecular weight excluding hydrogens is 421 g/mol. The van der Waals surface area contributed by atoms with Gasteiger partial charge in [-0.2, -0.15) is 0 Å². The molecule has 10 heteroatoms. The van der Waals surface area contributed by atoms with E-state index in [-0.39, 0.29) is 39.8 Å². The van der Waals surface area contributed by atoms with E-state index in [2.05, 4.69) is 10.3 Å². The van der Waals surface area contributed by atoms with Crippen LogP contribution in [-0.4, -0.2) is 48.8 Å². The predicted molar refractivity (Wildman–Crippen MR) is 107 cm³/mol. The van der Waals surface area contributed by atoms with Gasteiger partial charge in [-0.15, -0.1) is 0 Å². The number of halogens is 3. The first-order valence-corrected chi connectivity index (χ1v) is 10.7. The van der Waals surface area contributed by atoms with E-state index in [1.54, 1.807) is 6.07 Å². The largest absolute Gasteiger partial charge is 0.487 e. The van der Waals surface area contributed by atoms with Gasteiger partial charge in [0, 0.05) is 13.0 Å². The number of fused-ring (bicyclic) bond motifs is 1. The first kappa shape index (κ1) is 22.6. The van der Waals surface area contributed by atoms with Gasteiger partial charge in [0.25, 0.3) is 11.6 Å². The number of nitrogens with zero attached hydrogens (tertiary/aromatic N) is 1. The lowest BCUT2D eigenvalue weighted by molar-refractivity contribution is -0.120. The van der Waals surface area contributed by atoms with Gasteiger partial charge in [-0.3, -0.25) is 4.79 Å². The molecular formula is C20H25F3N2O4S. The molecule has 1 saturated carbocycles. The highest BCUT2D eigenvalue weighted by molar-refractivity contribution is 7.20. The average Bonchev–Trinajstić information content (AvgIpc) is 3.11. The zero-order chi connectivity index (χ0) is 21.7. The molecule has 6 nitrogen and oxygen atoms in total. The van der Waals surface area contributed by atoms with Crippen molar-refractivity contribution in [3.8, 4) is 10.9 Å². The van der Waals surface area contributed by atoms with Crippen molar-refractivity contribution in [3.63, 3.8) is 0 Å². The Hall–Kier alpha value is -2.07. The van der Waals surface area contributed by atoms with Gasteiger partial charge in [0.2, 0.25) is 5.91 Å². The number of ether oxygens (including phenoxy) is 3. The maximum absolute atomic E-state index is 14.8. The first-order chi connectivity index (χ1) is 14.3. The lowest BCUT2D eigenvalue weighted by Gasteiger charge is -2.30. The van der Waals surface area contributed by atoms with Crippen molar-refractivity contribution in [3.05, 3.63) is 17.9 Å². The maximum Gasteiger partial charge on any atom is 0.274 e. The molecule has 2 aromatic rings. The van der Waals surface area contributed by atoms with E-state index in [1.807, 2.05) is 6.92 Å². The van der Waals surface area contributed by atoms with E-state index in [0.29, 0.717) is 12.1 Å².